The predicted octanol–water partition coefficient (Wildman–Crippen LogP) is 5.48. The molecule has 4 aromatic rings. The molecular formula is C35H36N2O6S. The smallest absolute Gasteiger partial charge is 0.338 e. The van der Waals surface area contributed by atoms with Gasteiger partial charge in [0.05, 0.1) is 41.7 Å². The van der Waals surface area contributed by atoms with Crippen LogP contribution < -0.4 is 29.1 Å². The molecule has 0 unspecified atom stereocenters. The summed E-state index contributed by atoms with van der Waals surface area (Å²) in [5.74, 6) is 1.29. The number of methoxy groups -OCH3 is 1. The summed E-state index contributed by atoms with van der Waals surface area (Å²) in [7, 11) is 1.56. The van der Waals surface area contributed by atoms with E-state index in [0.717, 1.165) is 16.9 Å². The van der Waals surface area contributed by atoms with Gasteiger partial charge in [0.2, 0.25) is 0 Å². The third kappa shape index (κ3) is 6.63. The van der Waals surface area contributed by atoms with E-state index in [2.05, 4.69) is 36.2 Å². The van der Waals surface area contributed by atoms with Gasteiger partial charge >= 0.3 is 5.97 Å². The number of benzene rings is 3. The molecule has 0 fully saturated rings. The maximum atomic E-state index is 14.0. The summed E-state index contributed by atoms with van der Waals surface area (Å²) < 4.78 is 24.9. The number of nitrogens with zero attached hydrogens (tertiary/aromatic N) is 2. The Bertz CT molecular complexity index is 1870. The molecule has 0 N–H and O–H groups in total. The van der Waals surface area contributed by atoms with Crippen LogP contribution in [0, 0.1) is 6.92 Å². The molecule has 0 amide bonds. The Morgan fingerprint density at radius 1 is 1.02 bits per heavy atom. The van der Waals surface area contributed by atoms with Gasteiger partial charge in [0.1, 0.15) is 12.4 Å². The normalized spacial score (nSPS) is 14.7. The van der Waals surface area contributed by atoms with Crippen molar-refractivity contribution >= 4 is 23.4 Å². The highest BCUT2D eigenvalue weighted by molar-refractivity contribution is 7.07. The number of ether oxygens (including phenoxy) is 4. The lowest BCUT2D eigenvalue weighted by molar-refractivity contribution is -0.139. The maximum Gasteiger partial charge on any atom is 0.338 e. The molecule has 0 saturated heterocycles. The number of allylic oxidation sites excluding steroid dienone is 1. The summed E-state index contributed by atoms with van der Waals surface area (Å²) in [5.41, 5.74) is 4.36. The van der Waals surface area contributed by atoms with E-state index in [9.17, 15) is 9.59 Å². The van der Waals surface area contributed by atoms with Gasteiger partial charge in [-0.05, 0) is 81.7 Å². The number of aromatic nitrogens is 1. The highest BCUT2D eigenvalue weighted by Gasteiger charge is 2.34. The lowest BCUT2D eigenvalue weighted by Crippen LogP contribution is -2.40. The van der Waals surface area contributed by atoms with Crippen LogP contribution in [-0.4, -0.2) is 30.4 Å². The van der Waals surface area contributed by atoms with Crippen molar-refractivity contribution in [2.45, 2.75) is 53.4 Å². The first kappa shape index (κ1) is 30.8. The summed E-state index contributed by atoms with van der Waals surface area (Å²) in [6.45, 7) is 10.1. The van der Waals surface area contributed by atoms with Gasteiger partial charge in [-0.3, -0.25) is 9.36 Å². The summed E-state index contributed by atoms with van der Waals surface area (Å²) in [6, 6.07) is 20.5. The zero-order valence-corrected chi connectivity index (χ0v) is 26.6. The molecule has 9 heteroatoms. The number of carbonyl (C=O) groups excluding carboxylic acids is 1. The van der Waals surface area contributed by atoms with E-state index >= 15 is 0 Å². The molecular weight excluding hydrogens is 576 g/mol. The number of thiazole rings is 1. The molecule has 1 aromatic heterocycles. The Labute approximate surface area is 260 Å². The fourth-order valence-electron chi connectivity index (χ4n) is 4.98. The monoisotopic (exact) mass is 612 g/mol. The van der Waals surface area contributed by atoms with Crippen molar-refractivity contribution in [1.82, 2.24) is 4.57 Å². The molecule has 5 rings (SSSR count). The van der Waals surface area contributed by atoms with Gasteiger partial charge in [-0.2, -0.15) is 0 Å². The van der Waals surface area contributed by atoms with E-state index in [0.29, 0.717) is 44.3 Å². The first-order valence-corrected chi connectivity index (χ1v) is 15.3. The van der Waals surface area contributed by atoms with Gasteiger partial charge in [-0.25, -0.2) is 9.79 Å². The summed E-state index contributed by atoms with van der Waals surface area (Å²) in [5, 5.41) is 0. The lowest BCUT2D eigenvalue weighted by atomic mass is 9.95. The van der Waals surface area contributed by atoms with Gasteiger partial charge in [0, 0.05) is 0 Å². The molecule has 1 aliphatic heterocycles. The first-order chi connectivity index (χ1) is 21.2. The van der Waals surface area contributed by atoms with Crippen molar-refractivity contribution in [2.24, 2.45) is 4.99 Å². The Kier molecular flexibility index (Phi) is 9.35. The molecule has 0 spiro atoms. The third-order valence-electron chi connectivity index (χ3n) is 7.09. The molecule has 0 aliphatic carbocycles. The minimum Gasteiger partial charge on any atom is -0.493 e. The standard InChI is InChI=1S/C35H36N2O6S/c1-7-41-34(39)31-23(5)36-35-37(32(31)26-14-17-28(43-21(2)3)29(19-26)40-6)33(38)30(44-35)18-24-12-15-27(16-13-24)42-20-25-10-8-22(4)9-11-25/h8-19,21,32H,7,20H2,1-6H3/b30-18-/t32-/m1/s1. The van der Waals surface area contributed by atoms with E-state index in [1.165, 1.54) is 16.9 Å². The van der Waals surface area contributed by atoms with Crippen LogP contribution in [-0.2, 0) is 16.1 Å². The molecule has 0 radical (unpaired) electrons. The van der Waals surface area contributed by atoms with Crippen LogP contribution in [0.1, 0.15) is 56.0 Å². The first-order valence-electron chi connectivity index (χ1n) is 14.5. The van der Waals surface area contributed by atoms with Gasteiger partial charge in [-0.1, -0.05) is 59.4 Å². The average molecular weight is 613 g/mol. The van der Waals surface area contributed by atoms with E-state index in [4.69, 9.17) is 18.9 Å². The fourth-order valence-corrected chi connectivity index (χ4v) is 6.02. The summed E-state index contributed by atoms with van der Waals surface area (Å²) in [6.07, 6.45) is 1.77. The Morgan fingerprint density at radius 3 is 2.41 bits per heavy atom. The third-order valence-corrected chi connectivity index (χ3v) is 8.07. The minimum absolute atomic E-state index is 0.0570. The van der Waals surface area contributed by atoms with Gasteiger partial charge in [-0.15, -0.1) is 0 Å². The SMILES string of the molecule is CCOC(=O)C1=C(C)N=c2s/c(=C\c3ccc(OCc4ccc(C)cc4)cc3)c(=O)n2[C@@H]1c1ccc(OC(C)C)c(OC)c1. The van der Waals surface area contributed by atoms with Crippen molar-refractivity contribution in [3.8, 4) is 17.2 Å². The Balaban J connectivity index is 1.52. The van der Waals surface area contributed by atoms with Crippen LogP contribution in [0.25, 0.3) is 6.08 Å². The van der Waals surface area contributed by atoms with Crippen LogP contribution in [0.15, 0.2) is 87.8 Å². The van der Waals surface area contributed by atoms with Crippen LogP contribution in [0.5, 0.6) is 17.2 Å². The summed E-state index contributed by atoms with van der Waals surface area (Å²) >= 11 is 1.28. The van der Waals surface area contributed by atoms with Crippen LogP contribution >= 0.6 is 11.3 Å². The largest absolute Gasteiger partial charge is 0.493 e. The molecule has 1 atom stereocenters. The van der Waals surface area contributed by atoms with E-state index in [1.807, 2.05) is 50.3 Å². The van der Waals surface area contributed by atoms with Gasteiger partial charge in [0.25, 0.3) is 5.56 Å². The predicted molar refractivity (Wildman–Crippen MR) is 171 cm³/mol. The fraction of sp³-hybridized carbons (Fsp3) is 0.286. The van der Waals surface area contributed by atoms with E-state index in [1.54, 1.807) is 37.7 Å². The van der Waals surface area contributed by atoms with Crippen molar-refractivity contribution < 1.29 is 23.7 Å². The van der Waals surface area contributed by atoms with E-state index < -0.39 is 12.0 Å². The molecule has 3 aromatic carbocycles. The minimum atomic E-state index is -0.757. The van der Waals surface area contributed by atoms with Gasteiger partial charge < -0.3 is 18.9 Å². The molecule has 2 heterocycles. The highest BCUT2D eigenvalue weighted by Crippen LogP contribution is 2.36. The highest BCUT2D eigenvalue weighted by atomic mass is 32.1. The molecule has 228 valence electrons. The second kappa shape index (κ2) is 13.3. The number of hydrogen-bond acceptors (Lipinski definition) is 8. The zero-order valence-electron chi connectivity index (χ0n) is 25.7. The zero-order chi connectivity index (χ0) is 31.4. The van der Waals surface area contributed by atoms with E-state index in [-0.39, 0.29) is 18.3 Å². The number of hydrogen-bond donors (Lipinski definition) is 0. The molecule has 0 saturated carbocycles. The molecule has 0 bridgehead atoms. The second-order valence-electron chi connectivity index (χ2n) is 10.7. The van der Waals surface area contributed by atoms with Gasteiger partial charge in [0.15, 0.2) is 16.3 Å². The number of carbonyl (C=O) groups is 1. The number of aryl methyl sites for hydroxylation is 1. The van der Waals surface area contributed by atoms with Crippen molar-refractivity contribution in [2.75, 3.05) is 13.7 Å². The molecule has 44 heavy (non-hydrogen) atoms. The quantitative estimate of drug-likeness (QED) is 0.221. The average Bonchev–Trinajstić information content (AvgIpc) is 3.30. The second-order valence-corrected chi connectivity index (χ2v) is 11.7. The maximum absolute atomic E-state index is 14.0. The molecule has 1 aliphatic rings. The van der Waals surface area contributed by atoms with Crippen molar-refractivity contribution in [1.29, 1.82) is 0 Å². The van der Waals surface area contributed by atoms with Crippen molar-refractivity contribution in [3.63, 3.8) is 0 Å². The lowest BCUT2D eigenvalue weighted by Gasteiger charge is -2.25. The van der Waals surface area contributed by atoms with Crippen LogP contribution in [0.2, 0.25) is 0 Å². The number of fused-ring (bicyclic) bond motifs is 1. The summed E-state index contributed by atoms with van der Waals surface area (Å²) in [4.78, 5) is 32.4. The molecule has 8 nitrogen and oxygen atoms in total. The Hall–Kier alpha value is -4.63. The van der Waals surface area contributed by atoms with Crippen LogP contribution in [0.4, 0.5) is 0 Å². The van der Waals surface area contributed by atoms with Crippen molar-refractivity contribution in [3.05, 3.63) is 120 Å². The Morgan fingerprint density at radius 2 is 1.75 bits per heavy atom. The topological polar surface area (TPSA) is 88.4 Å². The number of rotatable bonds is 10. The number of esters is 1. The van der Waals surface area contributed by atoms with Crippen LogP contribution in [0.3, 0.4) is 0 Å².